The van der Waals surface area contributed by atoms with Gasteiger partial charge in [-0.15, -0.1) is 0 Å². The lowest BCUT2D eigenvalue weighted by Crippen LogP contribution is -2.43. The van der Waals surface area contributed by atoms with Crippen molar-refractivity contribution in [3.05, 3.63) is 78.4 Å². The van der Waals surface area contributed by atoms with E-state index in [0.717, 1.165) is 11.8 Å². The number of nitrogens with one attached hydrogen (secondary N) is 1. The second-order valence-corrected chi connectivity index (χ2v) is 12.8. The molecule has 0 radical (unpaired) electrons. The van der Waals surface area contributed by atoms with Gasteiger partial charge < -0.3 is 5.32 Å². The van der Waals surface area contributed by atoms with E-state index >= 15 is 0 Å². The summed E-state index contributed by atoms with van der Waals surface area (Å²) in [4.78, 5) is 13.1. The fraction of sp³-hybridized carbons (Fsp3) is 0.269. The Morgan fingerprint density at radius 2 is 1.57 bits per heavy atom. The molecule has 4 rings (SSSR count). The molecule has 3 aromatic rings. The number of hydrogen-bond donors (Lipinski definition) is 1. The summed E-state index contributed by atoms with van der Waals surface area (Å²) in [5.74, 6) is -0.637. The molecule has 184 valence electrons. The van der Waals surface area contributed by atoms with E-state index in [-0.39, 0.29) is 22.2 Å². The summed E-state index contributed by atoms with van der Waals surface area (Å²) in [7, 11) is -7.25. The van der Waals surface area contributed by atoms with Crippen LogP contribution in [0, 0.1) is 12.8 Å². The van der Waals surface area contributed by atoms with E-state index in [2.05, 4.69) is 5.32 Å². The van der Waals surface area contributed by atoms with Gasteiger partial charge in [-0.1, -0.05) is 48.0 Å². The molecule has 7 nitrogen and oxygen atoms in total. The van der Waals surface area contributed by atoms with Crippen molar-refractivity contribution in [2.45, 2.75) is 29.6 Å². The van der Waals surface area contributed by atoms with Crippen molar-refractivity contribution in [3.63, 3.8) is 0 Å². The van der Waals surface area contributed by atoms with E-state index in [0.29, 0.717) is 36.2 Å². The third-order valence-electron chi connectivity index (χ3n) is 6.16. The van der Waals surface area contributed by atoms with Crippen LogP contribution in [0.15, 0.2) is 82.6 Å². The van der Waals surface area contributed by atoms with Crippen LogP contribution in [-0.2, 0) is 24.7 Å². The number of hydrogen-bond acceptors (Lipinski definition) is 5. The van der Waals surface area contributed by atoms with Gasteiger partial charge in [-0.25, -0.2) is 16.8 Å². The molecule has 0 bridgehead atoms. The van der Waals surface area contributed by atoms with Crippen molar-refractivity contribution in [3.8, 4) is 11.1 Å². The minimum Gasteiger partial charge on any atom is -0.326 e. The molecule has 1 saturated heterocycles. The first-order chi connectivity index (χ1) is 16.6. The highest BCUT2D eigenvalue weighted by atomic mass is 32.2. The van der Waals surface area contributed by atoms with Gasteiger partial charge in [0.15, 0.2) is 9.84 Å². The zero-order chi connectivity index (χ0) is 25.2. The van der Waals surface area contributed by atoms with Crippen LogP contribution in [0.1, 0.15) is 18.4 Å². The number of sulfone groups is 1. The van der Waals surface area contributed by atoms with E-state index in [4.69, 9.17) is 0 Å². The SMILES string of the molecule is Cc1ccc(NC(=O)C2CCCN(S(=O)(=O)c3ccc(-c4ccccc4S(C)(=O)=O)cc3)C2)cc1. The van der Waals surface area contributed by atoms with Crippen LogP contribution in [0.25, 0.3) is 11.1 Å². The van der Waals surface area contributed by atoms with Crippen LogP contribution in [0.5, 0.6) is 0 Å². The Kier molecular flexibility index (Phi) is 7.12. The zero-order valence-electron chi connectivity index (χ0n) is 19.6. The maximum absolute atomic E-state index is 13.3. The van der Waals surface area contributed by atoms with Crippen molar-refractivity contribution in [1.29, 1.82) is 0 Å². The lowest BCUT2D eigenvalue weighted by Gasteiger charge is -2.31. The van der Waals surface area contributed by atoms with E-state index in [1.807, 2.05) is 31.2 Å². The van der Waals surface area contributed by atoms with Gasteiger partial charge in [-0.05, 0) is 55.7 Å². The molecule has 3 aromatic carbocycles. The summed E-state index contributed by atoms with van der Waals surface area (Å²) >= 11 is 0. The number of aryl methyl sites for hydroxylation is 1. The van der Waals surface area contributed by atoms with Gasteiger partial charge in [0, 0.05) is 30.6 Å². The second-order valence-electron chi connectivity index (χ2n) is 8.85. The van der Waals surface area contributed by atoms with Crippen LogP contribution in [0.2, 0.25) is 0 Å². The van der Waals surface area contributed by atoms with E-state index < -0.39 is 25.8 Å². The fourth-order valence-corrected chi connectivity index (χ4v) is 6.67. The number of carbonyl (C=O) groups excluding carboxylic acids is 1. The summed E-state index contributed by atoms with van der Waals surface area (Å²) in [6, 6.07) is 20.3. The Morgan fingerprint density at radius 1 is 0.914 bits per heavy atom. The molecule has 1 unspecified atom stereocenters. The first-order valence-electron chi connectivity index (χ1n) is 11.3. The molecule has 1 atom stereocenters. The quantitative estimate of drug-likeness (QED) is 0.536. The van der Waals surface area contributed by atoms with Crippen LogP contribution in [-0.4, -0.2) is 46.4 Å². The van der Waals surface area contributed by atoms with Gasteiger partial charge in [0.25, 0.3) is 0 Å². The van der Waals surface area contributed by atoms with E-state index in [1.54, 1.807) is 30.3 Å². The summed E-state index contributed by atoms with van der Waals surface area (Å²) in [6.45, 7) is 2.42. The average molecular weight is 513 g/mol. The molecule has 0 saturated carbocycles. The van der Waals surface area contributed by atoms with Gasteiger partial charge in [0.1, 0.15) is 0 Å². The smallest absolute Gasteiger partial charge is 0.243 e. The Balaban J connectivity index is 1.51. The molecule has 0 spiro atoms. The molecule has 35 heavy (non-hydrogen) atoms. The Labute approximate surface area is 206 Å². The number of nitrogens with zero attached hydrogens (tertiary/aromatic N) is 1. The highest BCUT2D eigenvalue weighted by Gasteiger charge is 2.33. The second kappa shape index (κ2) is 9.93. The number of benzene rings is 3. The molecule has 1 aliphatic rings. The molecular formula is C26H28N2O5S2. The van der Waals surface area contributed by atoms with Crippen LogP contribution in [0.3, 0.4) is 0 Å². The number of piperidine rings is 1. The Morgan fingerprint density at radius 3 is 2.23 bits per heavy atom. The number of anilines is 1. The number of rotatable bonds is 6. The summed E-state index contributed by atoms with van der Waals surface area (Å²) in [5, 5.41) is 2.88. The minimum atomic E-state index is -3.81. The fourth-order valence-electron chi connectivity index (χ4n) is 4.24. The maximum Gasteiger partial charge on any atom is 0.243 e. The lowest BCUT2D eigenvalue weighted by atomic mass is 9.98. The first-order valence-corrected chi connectivity index (χ1v) is 14.7. The van der Waals surface area contributed by atoms with Crippen molar-refractivity contribution in [1.82, 2.24) is 4.31 Å². The highest BCUT2D eigenvalue weighted by Crippen LogP contribution is 2.30. The largest absolute Gasteiger partial charge is 0.326 e. The molecule has 1 heterocycles. The van der Waals surface area contributed by atoms with Gasteiger partial charge in [0.2, 0.25) is 15.9 Å². The van der Waals surface area contributed by atoms with Crippen LogP contribution in [0.4, 0.5) is 5.69 Å². The zero-order valence-corrected chi connectivity index (χ0v) is 21.3. The molecule has 0 aromatic heterocycles. The van der Waals surface area contributed by atoms with Gasteiger partial charge in [-0.3, -0.25) is 4.79 Å². The average Bonchev–Trinajstić information content (AvgIpc) is 2.85. The number of sulfonamides is 1. The molecule has 1 fully saturated rings. The summed E-state index contributed by atoms with van der Waals surface area (Å²) in [6.07, 6.45) is 2.35. The van der Waals surface area contributed by atoms with Crippen LogP contribution < -0.4 is 5.32 Å². The van der Waals surface area contributed by atoms with E-state index in [1.165, 1.54) is 22.5 Å². The topological polar surface area (TPSA) is 101 Å². The number of amides is 1. The Bertz CT molecular complexity index is 1430. The third-order valence-corrected chi connectivity index (χ3v) is 9.20. The normalized spacial score (nSPS) is 17.1. The molecule has 1 aliphatic heterocycles. The number of carbonyl (C=O) groups is 1. The van der Waals surface area contributed by atoms with Crippen LogP contribution >= 0.6 is 0 Å². The standard InChI is InChI=1S/C26H28N2O5S2/c1-19-9-13-22(14-10-19)27-26(29)21-6-5-17-28(18-21)35(32,33)23-15-11-20(12-16-23)24-7-3-4-8-25(24)34(2,30)31/h3-4,7-16,21H,5-6,17-18H2,1-2H3,(H,27,29). The molecular weight excluding hydrogens is 484 g/mol. The van der Waals surface area contributed by atoms with Crippen molar-refractivity contribution in [2.24, 2.45) is 5.92 Å². The van der Waals surface area contributed by atoms with Crippen molar-refractivity contribution in [2.75, 3.05) is 24.7 Å². The summed E-state index contributed by atoms with van der Waals surface area (Å²) in [5.41, 5.74) is 2.90. The summed E-state index contributed by atoms with van der Waals surface area (Å²) < 4.78 is 52.3. The predicted octanol–water partition coefficient (Wildman–Crippen LogP) is 4.10. The molecule has 1 amide bonds. The molecule has 9 heteroatoms. The van der Waals surface area contributed by atoms with Gasteiger partial charge >= 0.3 is 0 Å². The van der Waals surface area contributed by atoms with Crippen molar-refractivity contribution >= 4 is 31.5 Å². The first kappa shape index (κ1) is 25.1. The van der Waals surface area contributed by atoms with Gasteiger partial charge in [0.05, 0.1) is 15.7 Å². The van der Waals surface area contributed by atoms with Crippen molar-refractivity contribution < 1.29 is 21.6 Å². The molecule has 1 N–H and O–H groups in total. The lowest BCUT2D eigenvalue weighted by molar-refractivity contribution is -0.120. The highest BCUT2D eigenvalue weighted by molar-refractivity contribution is 7.90. The minimum absolute atomic E-state index is 0.109. The van der Waals surface area contributed by atoms with Gasteiger partial charge in [-0.2, -0.15) is 4.31 Å². The third kappa shape index (κ3) is 5.63. The predicted molar refractivity (Wildman–Crippen MR) is 136 cm³/mol. The monoisotopic (exact) mass is 512 g/mol. The maximum atomic E-state index is 13.3. The van der Waals surface area contributed by atoms with E-state index in [9.17, 15) is 21.6 Å². The Hall–Kier alpha value is -3.01. The molecule has 0 aliphatic carbocycles.